The van der Waals surface area contributed by atoms with E-state index in [1.165, 1.54) is 45.1 Å². The summed E-state index contributed by atoms with van der Waals surface area (Å²) >= 11 is 0. The van der Waals surface area contributed by atoms with Crippen molar-refractivity contribution in [2.45, 2.75) is 164 Å². The zero-order valence-electron chi connectivity index (χ0n) is 35.4. The highest BCUT2D eigenvalue weighted by Crippen LogP contribution is 2.53. The van der Waals surface area contributed by atoms with E-state index >= 15 is 4.39 Å². The molecule has 58 heavy (non-hydrogen) atoms. The summed E-state index contributed by atoms with van der Waals surface area (Å²) in [6.07, 6.45) is 16.0. The van der Waals surface area contributed by atoms with Crippen molar-refractivity contribution >= 4 is 17.6 Å². The number of ketones is 1. The minimum Gasteiger partial charge on any atom is -0.374 e. The number of halogens is 1. The molecule has 12 unspecified atom stereocenters. The Morgan fingerprint density at radius 2 is 1.67 bits per heavy atom. The van der Waals surface area contributed by atoms with Crippen LogP contribution in [0, 0.1) is 17.8 Å². The first-order valence-electron chi connectivity index (χ1n) is 23.6. The lowest BCUT2D eigenvalue weighted by Gasteiger charge is -2.61. The van der Waals surface area contributed by atoms with Crippen LogP contribution >= 0.6 is 0 Å². The second-order valence-electron chi connectivity index (χ2n) is 19.9. The standard InChI is InChI=1S/C45H72FN7O5/c1-49-20-22-51(23-21-49)18-9-16-47-45(56)34-28-53-36-26-38-32(31-12-6-7-13-37(31)57-38)25-39(36)58-44-41(53)33(43(34)55)24-35(46)42(44)52-19-15-29(27-52)48-40(54)14-5-3-4-10-30-11-8-17-50(30)2/h28-33,35-39,41-42,44H,3-27H2,1-2H3,(H,47,56)(H,48,54)/t29-,30?,31?,32?,33?,35?,36?,37?,38?,39?,41?,42?,44?/m1/s1. The fraction of sp³-hybridized carbons (Fsp3) is 0.889. The van der Waals surface area contributed by atoms with Crippen LogP contribution in [0.2, 0.25) is 0 Å². The number of nitrogens with zero attached hydrogens (tertiary/aromatic N) is 5. The van der Waals surface area contributed by atoms with Crippen molar-refractivity contribution < 1.29 is 28.2 Å². The van der Waals surface area contributed by atoms with Gasteiger partial charge in [0.1, 0.15) is 6.17 Å². The van der Waals surface area contributed by atoms with Crippen molar-refractivity contribution in [1.82, 2.24) is 35.1 Å². The van der Waals surface area contributed by atoms with E-state index < -0.39 is 24.2 Å². The van der Waals surface area contributed by atoms with Crippen LogP contribution in [0.4, 0.5) is 4.39 Å². The summed E-state index contributed by atoms with van der Waals surface area (Å²) in [4.78, 5) is 53.0. The summed E-state index contributed by atoms with van der Waals surface area (Å²) < 4.78 is 30.9. The molecular formula is C45H72FN7O5. The lowest BCUT2D eigenvalue weighted by molar-refractivity contribution is -0.220. The van der Waals surface area contributed by atoms with Crippen molar-refractivity contribution in [1.29, 1.82) is 0 Å². The van der Waals surface area contributed by atoms with Gasteiger partial charge in [-0.25, -0.2) is 4.39 Å². The van der Waals surface area contributed by atoms with Crippen LogP contribution in [0.5, 0.6) is 0 Å². The molecule has 8 fully saturated rings. The molecule has 2 amide bonds. The molecule has 13 atom stereocenters. The van der Waals surface area contributed by atoms with Crippen LogP contribution in [-0.2, 0) is 23.9 Å². The highest BCUT2D eigenvalue weighted by atomic mass is 19.1. The predicted molar refractivity (Wildman–Crippen MR) is 220 cm³/mol. The van der Waals surface area contributed by atoms with Crippen molar-refractivity contribution in [3.8, 4) is 0 Å². The molecule has 0 aromatic carbocycles. The van der Waals surface area contributed by atoms with Crippen LogP contribution in [0.3, 0.4) is 0 Å². The van der Waals surface area contributed by atoms with E-state index in [0.717, 1.165) is 84.1 Å². The molecule has 13 heteroatoms. The third kappa shape index (κ3) is 8.52. The lowest BCUT2D eigenvalue weighted by Crippen LogP contribution is -2.73. The minimum absolute atomic E-state index is 0.0225. The number of ether oxygens (including phenoxy) is 2. The van der Waals surface area contributed by atoms with Gasteiger partial charge in [0.2, 0.25) is 5.91 Å². The van der Waals surface area contributed by atoms with Gasteiger partial charge in [-0.15, -0.1) is 0 Å². The normalized spacial score (nSPS) is 40.7. The van der Waals surface area contributed by atoms with E-state index in [1.54, 1.807) is 0 Å². The largest absolute Gasteiger partial charge is 0.374 e. The molecule has 0 aromatic heterocycles. The Morgan fingerprint density at radius 1 is 0.828 bits per heavy atom. The highest BCUT2D eigenvalue weighted by molar-refractivity contribution is 6.20. The van der Waals surface area contributed by atoms with Gasteiger partial charge >= 0.3 is 0 Å². The number of likely N-dealkylation sites (tertiary alicyclic amines) is 2. The molecule has 5 saturated heterocycles. The fourth-order valence-electron chi connectivity index (χ4n) is 13.1. The molecule has 0 aromatic rings. The number of fused-ring (bicyclic) bond motifs is 5. The summed E-state index contributed by atoms with van der Waals surface area (Å²) in [5, 5.41) is 6.36. The molecule has 9 rings (SSSR count). The Hall–Kier alpha value is -2.16. The number of hydrogen-bond donors (Lipinski definition) is 2. The van der Waals surface area contributed by atoms with Gasteiger partial charge in [-0.2, -0.15) is 0 Å². The summed E-state index contributed by atoms with van der Waals surface area (Å²) in [6, 6.07) is -0.194. The first-order chi connectivity index (χ1) is 28.2. The monoisotopic (exact) mass is 810 g/mol. The average molecular weight is 810 g/mol. The number of piperazine rings is 1. The number of carbonyl (C=O) groups is 3. The number of morpholine rings is 1. The Balaban J connectivity index is 0.865. The third-order valence-corrected chi connectivity index (χ3v) is 16.3. The molecule has 0 bridgehead atoms. The lowest BCUT2D eigenvalue weighted by atomic mass is 9.67. The number of nitrogens with one attached hydrogen (secondary N) is 2. The van der Waals surface area contributed by atoms with Crippen LogP contribution < -0.4 is 10.6 Å². The number of unbranched alkanes of at least 4 members (excludes halogenated alkanes) is 2. The van der Waals surface area contributed by atoms with Gasteiger partial charge in [-0.05, 0) is 110 Å². The van der Waals surface area contributed by atoms with E-state index in [2.05, 4.69) is 49.2 Å². The van der Waals surface area contributed by atoms with Crippen LogP contribution in [0.1, 0.15) is 103 Å². The molecule has 3 saturated carbocycles. The molecule has 6 heterocycles. The quantitative estimate of drug-likeness (QED) is 0.213. The second kappa shape index (κ2) is 18.1. The number of carbonyl (C=O) groups excluding carboxylic acids is 3. The summed E-state index contributed by atoms with van der Waals surface area (Å²) in [7, 11) is 4.37. The van der Waals surface area contributed by atoms with Gasteiger partial charge in [0.15, 0.2) is 5.78 Å². The number of amides is 2. The van der Waals surface area contributed by atoms with Gasteiger partial charge in [0, 0.05) is 76.4 Å². The summed E-state index contributed by atoms with van der Waals surface area (Å²) in [6.45, 7) is 8.05. The first-order valence-corrected chi connectivity index (χ1v) is 23.6. The maximum atomic E-state index is 16.9. The molecule has 0 spiro atoms. The van der Waals surface area contributed by atoms with Gasteiger partial charge in [-0.1, -0.05) is 25.7 Å². The molecular weight excluding hydrogens is 738 g/mol. The van der Waals surface area contributed by atoms with E-state index in [9.17, 15) is 14.4 Å². The molecule has 324 valence electrons. The smallest absolute Gasteiger partial charge is 0.256 e. The summed E-state index contributed by atoms with van der Waals surface area (Å²) in [5.41, 5.74) is 0.170. The highest BCUT2D eigenvalue weighted by Gasteiger charge is 2.62. The van der Waals surface area contributed by atoms with E-state index in [0.29, 0.717) is 50.0 Å². The molecule has 2 N–H and O–H groups in total. The van der Waals surface area contributed by atoms with Crippen molar-refractivity contribution in [3.05, 3.63) is 11.8 Å². The minimum atomic E-state index is -1.28. The van der Waals surface area contributed by atoms with Crippen LogP contribution in [0.15, 0.2) is 11.8 Å². The van der Waals surface area contributed by atoms with Crippen LogP contribution in [-0.4, -0.2) is 176 Å². The van der Waals surface area contributed by atoms with E-state index in [-0.39, 0.29) is 59.9 Å². The van der Waals surface area contributed by atoms with Gasteiger partial charge < -0.3 is 39.7 Å². The first kappa shape index (κ1) is 41.2. The van der Waals surface area contributed by atoms with Crippen molar-refractivity contribution in [2.75, 3.05) is 73.0 Å². The van der Waals surface area contributed by atoms with Gasteiger partial charge in [0.05, 0.1) is 48.1 Å². The topological polar surface area (TPSA) is 110 Å². The second-order valence-corrected chi connectivity index (χ2v) is 19.9. The number of alkyl halides is 1. The van der Waals surface area contributed by atoms with Crippen molar-refractivity contribution in [3.63, 3.8) is 0 Å². The molecule has 9 aliphatic rings. The zero-order chi connectivity index (χ0) is 39.9. The Morgan fingerprint density at radius 3 is 2.50 bits per heavy atom. The Kier molecular flexibility index (Phi) is 12.8. The zero-order valence-corrected chi connectivity index (χ0v) is 35.4. The van der Waals surface area contributed by atoms with Gasteiger partial charge in [0.25, 0.3) is 5.91 Å². The number of hydrogen-bond acceptors (Lipinski definition) is 10. The van der Waals surface area contributed by atoms with Crippen molar-refractivity contribution in [2.24, 2.45) is 17.8 Å². The molecule has 3 aliphatic carbocycles. The maximum absolute atomic E-state index is 16.9. The molecule has 0 radical (unpaired) electrons. The Bertz CT molecular complexity index is 1510. The third-order valence-electron chi connectivity index (χ3n) is 16.3. The average Bonchev–Trinajstić information content (AvgIpc) is 3.95. The fourth-order valence-corrected chi connectivity index (χ4v) is 13.1. The SMILES string of the molecule is CN1CCN(CCCNC(=O)C2=CN3C4CC5OC6CCCCC6C5CC4OC4C(N5CC[C@@H](NC(=O)CCCCCC6CCCN6C)C5)C(F)CC(C2=O)C43)CC1. The predicted octanol–water partition coefficient (Wildman–Crippen LogP) is 3.34. The Labute approximate surface area is 346 Å². The molecule has 12 nitrogen and oxygen atoms in total. The van der Waals surface area contributed by atoms with Crippen LogP contribution in [0.25, 0.3) is 0 Å². The van der Waals surface area contributed by atoms with Gasteiger partial charge in [-0.3, -0.25) is 19.3 Å². The number of Topliss-reactive ketones (excluding diaryl/α,β-unsaturated/α-hetero) is 1. The summed E-state index contributed by atoms with van der Waals surface area (Å²) in [5.74, 6) is -0.161. The number of likely N-dealkylation sites (N-methyl/N-ethyl adjacent to an activating group) is 1. The number of rotatable bonds is 13. The maximum Gasteiger partial charge on any atom is 0.256 e. The van der Waals surface area contributed by atoms with E-state index in [1.807, 2.05) is 6.20 Å². The van der Waals surface area contributed by atoms with E-state index in [4.69, 9.17) is 9.47 Å². The molecule has 6 aliphatic heterocycles.